The number of alkyl halides is 1. The molecule has 0 N–H and O–H groups in total. The summed E-state index contributed by atoms with van der Waals surface area (Å²) in [5, 5.41) is 0.705. The second kappa shape index (κ2) is 3.59. The molecule has 13 heavy (non-hydrogen) atoms. The summed E-state index contributed by atoms with van der Waals surface area (Å²) in [5.74, 6) is 0.830. The van der Waals surface area contributed by atoms with E-state index in [0.717, 1.165) is 22.0 Å². The molecule has 0 saturated heterocycles. The van der Waals surface area contributed by atoms with E-state index in [9.17, 15) is 0 Å². The van der Waals surface area contributed by atoms with Crippen LogP contribution in [0.25, 0.3) is 10.6 Å². The van der Waals surface area contributed by atoms with Crippen LogP contribution in [0.4, 0.5) is 0 Å². The summed E-state index contributed by atoms with van der Waals surface area (Å²) in [5.41, 5.74) is 3.72. The topological polar surface area (TPSA) is 38.9 Å². The van der Waals surface area contributed by atoms with Gasteiger partial charge in [-0.3, -0.25) is 0 Å². The molecule has 68 valence electrons. The third kappa shape index (κ3) is 1.53. The largest absolute Gasteiger partial charge is 0.442 e. The maximum atomic E-state index is 5.31. The maximum absolute atomic E-state index is 5.31. The molecule has 2 aromatic heterocycles. The summed E-state index contributed by atoms with van der Waals surface area (Å²) in [6.45, 7) is 1.96. The molecule has 0 amide bonds. The van der Waals surface area contributed by atoms with Gasteiger partial charge in [0.25, 0.3) is 0 Å². The molecule has 0 saturated carbocycles. The van der Waals surface area contributed by atoms with Crippen LogP contribution in [-0.2, 0) is 5.33 Å². The monoisotopic (exact) mass is 258 g/mol. The molecule has 0 bridgehead atoms. The van der Waals surface area contributed by atoms with Crippen LogP contribution in [0, 0.1) is 6.92 Å². The lowest BCUT2D eigenvalue weighted by Crippen LogP contribution is -1.82. The van der Waals surface area contributed by atoms with Crippen LogP contribution in [0.1, 0.15) is 11.4 Å². The normalized spacial score (nSPS) is 10.6. The van der Waals surface area contributed by atoms with Gasteiger partial charge in [0, 0.05) is 5.33 Å². The SMILES string of the molecule is Cc1ncsc1-c1ocnc1CBr. The predicted molar refractivity (Wildman–Crippen MR) is 55.0 cm³/mol. The predicted octanol–water partition coefficient (Wildman–Crippen LogP) is 3.00. The Morgan fingerprint density at radius 3 is 3.00 bits per heavy atom. The fourth-order valence-electron chi connectivity index (χ4n) is 1.07. The highest BCUT2D eigenvalue weighted by atomic mass is 79.9. The highest BCUT2D eigenvalue weighted by Gasteiger charge is 2.13. The second-order valence-electron chi connectivity index (χ2n) is 2.53. The zero-order chi connectivity index (χ0) is 9.26. The van der Waals surface area contributed by atoms with Gasteiger partial charge in [0.15, 0.2) is 12.2 Å². The molecule has 5 heteroatoms. The van der Waals surface area contributed by atoms with Gasteiger partial charge in [0.05, 0.1) is 21.8 Å². The van der Waals surface area contributed by atoms with E-state index < -0.39 is 0 Å². The highest BCUT2D eigenvalue weighted by Crippen LogP contribution is 2.30. The molecule has 0 unspecified atom stereocenters. The summed E-state index contributed by atoms with van der Waals surface area (Å²) in [7, 11) is 0. The molecule has 0 spiro atoms. The standard InChI is InChI=1S/C8H7BrN2OS/c1-5-8(13-4-11-5)7-6(2-9)10-3-12-7/h3-4H,2H2,1H3. The Bertz CT molecular complexity index is 410. The van der Waals surface area contributed by atoms with E-state index in [0.29, 0.717) is 5.33 Å². The molecular formula is C8H7BrN2OS. The van der Waals surface area contributed by atoms with Crippen LogP contribution in [0.3, 0.4) is 0 Å². The van der Waals surface area contributed by atoms with Gasteiger partial charge in [0.2, 0.25) is 0 Å². The Kier molecular flexibility index (Phi) is 2.46. The zero-order valence-corrected chi connectivity index (χ0v) is 9.35. The Balaban J connectivity index is 2.52. The lowest BCUT2D eigenvalue weighted by atomic mass is 10.3. The summed E-state index contributed by atoms with van der Waals surface area (Å²) >= 11 is 4.93. The van der Waals surface area contributed by atoms with Crippen LogP contribution in [0.2, 0.25) is 0 Å². The number of hydrogen-bond donors (Lipinski definition) is 0. The molecule has 2 aromatic rings. The van der Waals surface area contributed by atoms with Gasteiger partial charge in [-0.15, -0.1) is 11.3 Å². The Morgan fingerprint density at radius 1 is 1.54 bits per heavy atom. The molecule has 3 nitrogen and oxygen atoms in total. The first kappa shape index (κ1) is 8.90. The number of rotatable bonds is 2. The van der Waals surface area contributed by atoms with Crippen molar-refractivity contribution in [2.45, 2.75) is 12.3 Å². The van der Waals surface area contributed by atoms with E-state index in [-0.39, 0.29) is 0 Å². The van der Waals surface area contributed by atoms with E-state index in [1.165, 1.54) is 6.39 Å². The molecular weight excluding hydrogens is 252 g/mol. The van der Waals surface area contributed by atoms with Crippen molar-refractivity contribution in [2.75, 3.05) is 0 Å². The van der Waals surface area contributed by atoms with Gasteiger partial charge in [-0.1, -0.05) is 15.9 Å². The number of thiazole rings is 1. The van der Waals surface area contributed by atoms with Crippen molar-refractivity contribution >= 4 is 27.3 Å². The van der Waals surface area contributed by atoms with Gasteiger partial charge in [0.1, 0.15) is 0 Å². The summed E-state index contributed by atoms with van der Waals surface area (Å²) in [4.78, 5) is 9.32. The van der Waals surface area contributed by atoms with Crippen LogP contribution in [0.15, 0.2) is 16.3 Å². The number of oxazole rings is 1. The van der Waals surface area contributed by atoms with Crippen LogP contribution in [0.5, 0.6) is 0 Å². The van der Waals surface area contributed by atoms with Gasteiger partial charge in [-0.05, 0) is 6.92 Å². The number of halogens is 1. The van der Waals surface area contributed by atoms with Gasteiger partial charge in [-0.2, -0.15) is 0 Å². The molecule has 0 aliphatic rings. The Hall–Kier alpha value is -0.680. The average molecular weight is 259 g/mol. The van der Waals surface area contributed by atoms with Crippen molar-refractivity contribution in [3.63, 3.8) is 0 Å². The minimum Gasteiger partial charge on any atom is -0.442 e. The number of aryl methyl sites for hydroxylation is 1. The highest BCUT2D eigenvalue weighted by molar-refractivity contribution is 9.08. The molecule has 2 heterocycles. The second-order valence-corrected chi connectivity index (χ2v) is 3.94. The van der Waals surface area contributed by atoms with Crippen LogP contribution in [-0.4, -0.2) is 9.97 Å². The van der Waals surface area contributed by atoms with E-state index in [1.54, 1.807) is 11.3 Å². The molecule has 0 aromatic carbocycles. The number of hydrogen-bond acceptors (Lipinski definition) is 4. The zero-order valence-electron chi connectivity index (χ0n) is 6.95. The lowest BCUT2D eigenvalue weighted by Gasteiger charge is -1.94. The molecule has 0 atom stereocenters. The Morgan fingerprint density at radius 2 is 2.38 bits per heavy atom. The van der Waals surface area contributed by atoms with E-state index in [2.05, 4.69) is 25.9 Å². The molecule has 0 aliphatic carbocycles. The van der Waals surface area contributed by atoms with Crippen molar-refractivity contribution in [1.29, 1.82) is 0 Å². The number of nitrogens with zero attached hydrogens (tertiary/aromatic N) is 2. The van der Waals surface area contributed by atoms with E-state index in [1.807, 2.05) is 12.4 Å². The molecule has 0 aliphatic heterocycles. The minimum absolute atomic E-state index is 0.705. The fraction of sp³-hybridized carbons (Fsp3) is 0.250. The molecule has 0 radical (unpaired) electrons. The lowest BCUT2D eigenvalue weighted by molar-refractivity contribution is 0.572. The fourth-order valence-corrected chi connectivity index (χ4v) is 2.28. The van der Waals surface area contributed by atoms with Crippen LogP contribution >= 0.6 is 27.3 Å². The quantitative estimate of drug-likeness (QED) is 0.778. The van der Waals surface area contributed by atoms with Crippen molar-refractivity contribution in [3.8, 4) is 10.6 Å². The van der Waals surface area contributed by atoms with E-state index in [4.69, 9.17) is 4.42 Å². The van der Waals surface area contributed by atoms with Gasteiger partial charge >= 0.3 is 0 Å². The van der Waals surface area contributed by atoms with Crippen LogP contribution < -0.4 is 0 Å². The van der Waals surface area contributed by atoms with Crippen molar-refractivity contribution < 1.29 is 4.42 Å². The molecule has 0 fully saturated rings. The summed E-state index contributed by atoms with van der Waals surface area (Å²) < 4.78 is 5.31. The van der Waals surface area contributed by atoms with Crippen molar-refractivity contribution in [3.05, 3.63) is 23.3 Å². The minimum atomic E-state index is 0.705. The summed E-state index contributed by atoms with van der Waals surface area (Å²) in [6.07, 6.45) is 1.46. The molecule has 2 rings (SSSR count). The number of aromatic nitrogens is 2. The smallest absolute Gasteiger partial charge is 0.181 e. The summed E-state index contributed by atoms with van der Waals surface area (Å²) in [6, 6.07) is 0. The maximum Gasteiger partial charge on any atom is 0.181 e. The third-order valence-electron chi connectivity index (χ3n) is 1.72. The Labute approximate surface area is 88.0 Å². The first-order valence-electron chi connectivity index (χ1n) is 3.71. The van der Waals surface area contributed by atoms with Gasteiger partial charge < -0.3 is 4.42 Å². The average Bonchev–Trinajstić information content (AvgIpc) is 2.71. The van der Waals surface area contributed by atoms with Crippen molar-refractivity contribution in [1.82, 2.24) is 9.97 Å². The van der Waals surface area contributed by atoms with Gasteiger partial charge in [-0.25, -0.2) is 9.97 Å². The first-order chi connectivity index (χ1) is 6.33. The first-order valence-corrected chi connectivity index (χ1v) is 5.72. The van der Waals surface area contributed by atoms with Crippen molar-refractivity contribution in [2.24, 2.45) is 0 Å². The third-order valence-corrected chi connectivity index (χ3v) is 3.18. The van der Waals surface area contributed by atoms with E-state index >= 15 is 0 Å².